The Bertz CT molecular complexity index is 234. The summed E-state index contributed by atoms with van der Waals surface area (Å²) in [6, 6.07) is 0.788. The Balaban J connectivity index is 1.62. The molecule has 0 amide bonds. The van der Waals surface area contributed by atoms with E-state index in [1.54, 1.807) is 0 Å². The van der Waals surface area contributed by atoms with Gasteiger partial charge in [0.1, 0.15) is 0 Å². The molecule has 106 valence electrons. The highest BCUT2D eigenvalue weighted by atomic mass is 32.2. The second kappa shape index (κ2) is 7.73. The predicted octanol–water partition coefficient (Wildman–Crippen LogP) is 1.97. The molecule has 2 heterocycles. The van der Waals surface area contributed by atoms with Gasteiger partial charge in [-0.2, -0.15) is 11.8 Å². The molecule has 0 aromatic carbocycles. The lowest BCUT2D eigenvalue weighted by Gasteiger charge is -2.26. The molecule has 0 aromatic rings. The topological polar surface area (TPSA) is 24.5 Å². The summed E-state index contributed by atoms with van der Waals surface area (Å²) in [6.07, 6.45) is 5.95. The van der Waals surface area contributed by atoms with Gasteiger partial charge in [0.2, 0.25) is 0 Å². The normalized spacial score (nSPS) is 32.5. The Labute approximate surface area is 116 Å². The fraction of sp³-hybridized carbons (Fsp3) is 1.00. The van der Waals surface area contributed by atoms with Gasteiger partial charge in [-0.25, -0.2) is 0 Å². The summed E-state index contributed by atoms with van der Waals surface area (Å²) in [5.74, 6) is 2.65. The van der Waals surface area contributed by atoms with Gasteiger partial charge in [0.25, 0.3) is 0 Å². The van der Waals surface area contributed by atoms with Crippen LogP contribution in [0, 0.1) is 0 Å². The number of nitrogens with one attached hydrogen (secondary N) is 1. The van der Waals surface area contributed by atoms with Crippen LogP contribution in [0.15, 0.2) is 0 Å². The van der Waals surface area contributed by atoms with Crippen LogP contribution in [0.3, 0.4) is 0 Å². The van der Waals surface area contributed by atoms with E-state index in [1.165, 1.54) is 37.2 Å². The molecule has 1 N–H and O–H groups in total. The first-order chi connectivity index (χ1) is 8.79. The van der Waals surface area contributed by atoms with E-state index in [-0.39, 0.29) is 0 Å². The van der Waals surface area contributed by atoms with Crippen LogP contribution in [0.2, 0.25) is 0 Å². The van der Waals surface area contributed by atoms with E-state index < -0.39 is 0 Å². The molecule has 3 unspecified atom stereocenters. The average Bonchev–Trinajstić information content (AvgIpc) is 3.00. The van der Waals surface area contributed by atoms with Crippen molar-refractivity contribution in [2.45, 2.75) is 50.9 Å². The summed E-state index contributed by atoms with van der Waals surface area (Å²) in [5.41, 5.74) is 0. The third-order valence-corrected chi connectivity index (χ3v) is 5.16. The monoisotopic (exact) mass is 272 g/mol. The number of hydrogen-bond donors (Lipinski definition) is 1. The number of ether oxygens (including phenoxy) is 1. The predicted molar refractivity (Wildman–Crippen MR) is 79.4 cm³/mol. The van der Waals surface area contributed by atoms with E-state index in [0.29, 0.717) is 12.2 Å². The van der Waals surface area contributed by atoms with Gasteiger partial charge in [0, 0.05) is 24.9 Å². The van der Waals surface area contributed by atoms with E-state index in [4.69, 9.17) is 4.74 Å². The third-order valence-electron chi connectivity index (χ3n) is 4.01. The molecular weight excluding hydrogens is 244 g/mol. The van der Waals surface area contributed by atoms with Gasteiger partial charge < -0.3 is 10.1 Å². The van der Waals surface area contributed by atoms with Crippen molar-refractivity contribution in [3.05, 3.63) is 0 Å². The highest BCUT2D eigenvalue weighted by Gasteiger charge is 2.28. The smallest absolute Gasteiger partial charge is 0.0707 e. The van der Waals surface area contributed by atoms with E-state index >= 15 is 0 Å². The van der Waals surface area contributed by atoms with Gasteiger partial charge in [0.15, 0.2) is 0 Å². The lowest BCUT2D eigenvalue weighted by atomic mass is 10.1. The lowest BCUT2D eigenvalue weighted by Crippen LogP contribution is -2.38. The number of rotatable bonds is 7. The van der Waals surface area contributed by atoms with Crippen LogP contribution < -0.4 is 5.32 Å². The number of likely N-dealkylation sites (N-methyl/N-ethyl adjacent to an activating group) is 1. The molecule has 2 saturated heterocycles. The first-order valence-electron chi connectivity index (χ1n) is 7.43. The van der Waals surface area contributed by atoms with Gasteiger partial charge in [-0.3, -0.25) is 4.90 Å². The maximum Gasteiger partial charge on any atom is 0.0707 e. The second-order valence-corrected chi connectivity index (χ2v) is 6.77. The maximum atomic E-state index is 6.13. The van der Waals surface area contributed by atoms with Crippen LogP contribution in [0.25, 0.3) is 0 Å². The number of hydrogen-bond acceptors (Lipinski definition) is 4. The summed E-state index contributed by atoms with van der Waals surface area (Å²) in [6.45, 7) is 5.48. The minimum absolute atomic E-state index is 0.452. The summed E-state index contributed by atoms with van der Waals surface area (Å²) in [4.78, 5) is 2.52. The minimum Gasteiger partial charge on any atom is -0.372 e. The standard InChI is InChI=1S/C14H28N2OS/c1-3-7-15-9-13-4-5-14(17-13)10-16(2)12-6-8-18-11-12/h12-15H,3-11H2,1-2H3. The Morgan fingerprint density at radius 3 is 2.83 bits per heavy atom. The van der Waals surface area contributed by atoms with E-state index in [9.17, 15) is 0 Å². The molecule has 0 radical (unpaired) electrons. The van der Waals surface area contributed by atoms with Crippen LogP contribution >= 0.6 is 11.8 Å². The lowest BCUT2D eigenvalue weighted by molar-refractivity contribution is 0.0225. The van der Waals surface area contributed by atoms with Crippen LogP contribution in [0.5, 0.6) is 0 Å². The molecule has 0 bridgehead atoms. The second-order valence-electron chi connectivity index (χ2n) is 5.62. The average molecular weight is 272 g/mol. The fourth-order valence-corrected chi connectivity index (χ4v) is 4.14. The van der Waals surface area contributed by atoms with E-state index in [2.05, 4.69) is 35.9 Å². The molecular formula is C14H28N2OS. The fourth-order valence-electron chi connectivity index (χ4n) is 2.84. The molecule has 0 spiro atoms. The van der Waals surface area contributed by atoms with E-state index in [1.807, 2.05) is 0 Å². The first kappa shape index (κ1) is 14.6. The van der Waals surface area contributed by atoms with Gasteiger partial charge in [-0.15, -0.1) is 0 Å². The molecule has 4 heteroatoms. The Kier molecular flexibility index (Phi) is 6.29. The van der Waals surface area contributed by atoms with Gasteiger partial charge in [-0.1, -0.05) is 6.92 Å². The molecule has 2 aliphatic rings. The summed E-state index contributed by atoms with van der Waals surface area (Å²) in [7, 11) is 2.27. The zero-order chi connectivity index (χ0) is 12.8. The Morgan fingerprint density at radius 1 is 1.28 bits per heavy atom. The largest absolute Gasteiger partial charge is 0.372 e. The molecule has 0 aromatic heterocycles. The van der Waals surface area contributed by atoms with Crippen molar-refractivity contribution in [2.24, 2.45) is 0 Å². The van der Waals surface area contributed by atoms with Crippen molar-refractivity contribution in [3.8, 4) is 0 Å². The SMILES string of the molecule is CCCNCC1CCC(CN(C)C2CCSC2)O1. The molecule has 2 fully saturated rings. The molecule has 3 atom stereocenters. The van der Waals surface area contributed by atoms with Crippen molar-refractivity contribution in [1.82, 2.24) is 10.2 Å². The van der Waals surface area contributed by atoms with Crippen LogP contribution in [0.4, 0.5) is 0 Å². The van der Waals surface area contributed by atoms with Crippen molar-refractivity contribution >= 4 is 11.8 Å². The molecule has 3 nitrogen and oxygen atoms in total. The quantitative estimate of drug-likeness (QED) is 0.716. The van der Waals surface area contributed by atoms with Gasteiger partial charge >= 0.3 is 0 Å². The van der Waals surface area contributed by atoms with Crippen molar-refractivity contribution in [2.75, 3.05) is 38.2 Å². The molecule has 2 aliphatic heterocycles. The third kappa shape index (κ3) is 4.41. The summed E-state index contributed by atoms with van der Waals surface area (Å²) >= 11 is 2.09. The molecule has 0 saturated carbocycles. The molecule has 0 aliphatic carbocycles. The van der Waals surface area contributed by atoms with E-state index in [0.717, 1.165) is 25.7 Å². The highest BCUT2D eigenvalue weighted by molar-refractivity contribution is 7.99. The zero-order valence-corrected chi connectivity index (χ0v) is 12.7. The van der Waals surface area contributed by atoms with Crippen molar-refractivity contribution in [1.29, 1.82) is 0 Å². The van der Waals surface area contributed by atoms with Crippen LogP contribution in [0.1, 0.15) is 32.6 Å². The van der Waals surface area contributed by atoms with Crippen LogP contribution in [-0.2, 0) is 4.74 Å². The summed E-state index contributed by atoms with van der Waals surface area (Å²) < 4.78 is 6.13. The maximum absolute atomic E-state index is 6.13. The minimum atomic E-state index is 0.452. The molecule has 18 heavy (non-hydrogen) atoms. The Morgan fingerprint density at radius 2 is 2.11 bits per heavy atom. The van der Waals surface area contributed by atoms with Gasteiger partial charge in [0.05, 0.1) is 12.2 Å². The number of thioether (sulfide) groups is 1. The van der Waals surface area contributed by atoms with Gasteiger partial charge in [-0.05, 0) is 45.0 Å². The highest BCUT2D eigenvalue weighted by Crippen LogP contribution is 2.24. The van der Waals surface area contributed by atoms with Crippen molar-refractivity contribution in [3.63, 3.8) is 0 Å². The van der Waals surface area contributed by atoms with Crippen molar-refractivity contribution < 1.29 is 4.74 Å². The number of nitrogens with zero attached hydrogens (tertiary/aromatic N) is 1. The molecule has 2 rings (SSSR count). The zero-order valence-electron chi connectivity index (χ0n) is 11.9. The Hall–Kier alpha value is 0.230. The van der Waals surface area contributed by atoms with Crippen LogP contribution in [-0.4, -0.2) is 61.3 Å². The summed E-state index contributed by atoms with van der Waals surface area (Å²) in [5, 5.41) is 3.46. The first-order valence-corrected chi connectivity index (χ1v) is 8.59.